The van der Waals surface area contributed by atoms with E-state index >= 15 is 0 Å². The van der Waals surface area contributed by atoms with Crippen LogP contribution in [0.25, 0.3) is 0 Å². The van der Waals surface area contributed by atoms with Crippen LogP contribution in [0.4, 0.5) is 0 Å². The number of nitrogens with one attached hydrogen (secondary N) is 2. The molecular formula is C19H28N2O4S. The Morgan fingerprint density at radius 3 is 2.62 bits per heavy atom. The monoisotopic (exact) mass is 380 g/mol. The number of hydrogen-bond donors (Lipinski definition) is 2. The lowest BCUT2D eigenvalue weighted by molar-refractivity contribution is -0.119. The zero-order valence-electron chi connectivity index (χ0n) is 15.5. The first kappa shape index (κ1) is 19.2. The molecule has 1 amide bonds. The predicted molar refractivity (Wildman–Crippen MR) is 101 cm³/mol. The van der Waals surface area contributed by atoms with Crippen molar-refractivity contribution in [1.29, 1.82) is 0 Å². The zero-order valence-corrected chi connectivity index (χ0v) is 16.3. The van der Waals surface area contributed by atoms with Crippen molar-refractivity contribution >= 4 is 15.9 Å². The van der Waals surface area contributed by atoms with Crippen LogP contribution in [0.2, 0.25) is 0 Å². The summed E-state index contributed by atoms with van der Waals surface area (Å²) in [6, 6.07) is 5.57. The van der Waals surface area contributed by atoms with Gasteiger partial charge in [-0.05, 0) is 61.6 Å². The molecule has 1 aromatic carbocycles. The highest BCUT2D eigenvalue weighted by atomic mass is 32.2. The van der Waals surface area contributed by atoms with Crippen molar-refractivity contribution in [3.63, 3.8) is 0 Å². The maximum absolute atomic E-state index is 12.3. The van der Waals surface area contributed by atoms with E-state index in [1.54, 1.807) is 7.11 Å². The number of carbonyl (C=O) groups excluding carboxylic acids is 1. The van der Waals surface area contributed by atoms with Crippen LogP contribution < -0.4 is 14.8 Å². The Balaban J connectivity index is 1.56. The van der Waals surface area contributed by atoms with Crippen molar-refractivity contribution in [2.24, 2.45) is 5.92 Å². The minimum atomic E-state index is -3.62. The van der Waals surface area contributed by atoms with E-state index < -0.39 is 21.7 Å². The molecule has 0 saturated heterocycles. The van der Waals surface area contributed by atoms with Crippen molar-refractivity contribution in [2.75, 3.05) is 12.9 Å². The Bertz CT molecular complexity index is 755. The fraction of sp³-hybridized carbons (Fsp3) is 0.632. The Morgan fingerprint density at radius 1 is 1.19 bits per heavy atom. The zero-order chi connectivity index (χ0) is 18.7. The number of benzene rings is 1. The summed E-state index contributed by atoms with van der Waals surface area (Å²) in [6.45, 7) is 2.19. The van der Waals surface area contributed by atoms with E-state index in [1.165, 1.54) is 0 Å². The molecule has 1 fully saturated rings. The number of fused-ring (bicyclic) bond motifs is 1. The molecular weight excluding hydrogens is 352 g/mol. The molecule has 6 nitrogen and oxygen atoms in total. The average Bonchev–Trinajstić information content (AvgIpc) is 2.99. The summed E-state index contributed by atoms with van der Waals surface area (Å²) >= 11 is 0. The van der Waals surface area contributed by atoms with Crippen LogP contribution in [0.1, 0.15) is 56.2 Å². The van der Waals surface area contributed by atoms with E-state index in [9.17, 15) is 13.2 Å². The molecule has 0 spiro atoms. The molecule has 1 atom stereocenters. The van der Waals surface area contributed by atoms with E-state index in [4.69, 9.17) is 4.74 Å². The molecule has 0 aromatic heterocycles. The van der Waals surface area contributed by atoms with Gasteiger partial charge in [-0.2, -0.15) is 0 Å². The lowest BCUT2D eigenvalue weighted by Gasteiger charge is -2.26. The highest BCUT2D eigenvalue weighted by Gasteiger charge is 2.29. The van der Waals surface area contributed by atoms with Gasteiger partial charge in [0.1, 0.15) is 11.5 Å². The predicted octanol–water partition coefficient (Wildman–Crippen LogP) is 2.30. The topological polar surface area (TPSA) is 84.5 Å². The van der Waals surface area contributed by atoms with Gasteiger partial charge in [-0.25, -0.2) is 13.1 Å². The number of sulfonamides is 1. The largest absolute Gasteiger partial charge is 0.496 e. The van der Waals surface area contributed by atoms with Crippen LogP contribution >= 0.6 is 0 Å². The van der Waals surface area contributed by atoms with Crippen molar-refractivity contribution < 1.29 is 17.9 Å². The third kappa shape index (κ3) is 4.57. The summed E-state index contributed by atoms with van der Waals surface area (Å²) in [5.41, 5.74) is 2.11. The Labute approximate surface area is 155 Å². The van der Waals surface area contributed by atoms with E-state index in [2.05, 4.69) is 17.0 Å². The first-order chi connectivity index (χ1) is 12.4. The maximum Gasteiger partial charge on any atom is 0.237 e. The van der Waals surface area contributed by atoms with Gasteiger partial charge in [0, 0.05) is 6.04 Å². The standard InChI is InChI=1S/C19H28N2O4S/c1-13-6-8-14(9-7-13)21-26(23,24)12-19(22)20-17-11-10-16-15(17)4-3-5-18(16)25-2/h3-5,13-14,17,21H,6-12H2,1-2H3,(H,20,22). The number of hydrogen-bond acceptors (Lipinski definition) is 4. The lowest BCUT2D eigenvalue weighted by atomic mass is 9.88. The molecule has 26 heavy (non-hydrogen) atoms. The Hall–Kier alpha value is -1.60. The van der Waals surface area contributed by atoms with E-state index in [1.807, 2.05) is 18.2 Å². The number of amides is 1. The number of methoxy groups -OCH3 is 1. The van der Waals surface area contributed by atoms with Crippen LogP contribution in [0, 0.1) is 5.92 Å². The number of rotatable bonds is 6. The second-order valence-corrected chi connectivity index (χ2v) is 9.27. The fourth-order valence-corrected chi connectivity index (χ4v) is 5.30. The maximum atomic E-state index is 12.3. The van der Waals surface area contributed by atoms with Crippen LogP contribution in [0.15, 0.2) is 18.2 Å². The third-order valence-electron chi connectivity index (χ3n) is 5.47. The van der Waals surface area contributed by atoms with Crippen molar-refractivity contribution in [1.82, 2.24) is 10.0 Å². The Morgan fingerprint density at radius 2 is 1.92 bits per heavy atom. The molecule has 2 N–H and O–H groups in total. The first-order valence-electron chi connectivity index (χ1n) is 9.33. The normalized spacial score (nSPS) is 25.5. The minimum Gasteiger partial charge on any atom is -0.496 e. The highest BCUT2D eigenvalue weighted by molar-refractivity contribution is 7.90. The summed E-state index contributed by atoms with van der Waals surface area (Å²) in [5.74, 6) is 0.496. The van der Waals surface area contributed by atoms with E-state index in [-0.39, 0.29) is 12.1 Å². The molecule has 144 valence electrons. The Kier molecular flexibility index (Phi) is 5.87. The van der Waals surface area contributed by atoms with Gasteiger partial charge < -0.3 is 10.1 Å². The van der Waals surface area contributed by atoms with Gasteiger partial charge in [0.05, 0.1) is 13.2 Å². The van der Waals surface area contributed by atoms with Gasteiger partial charge in [0.2, 0.25) is 15.9 Å². The smallest absolute Gasteiger partial charge is 0.237 e. The molecule has 0 radical (unpaired) electrons. The number of ether oxygens (including phenoxy) is 1. The summed E-state index contributed by atoms with van der Waals surface area (Å²) in [4.78, 5) is 12.3. The van der Waals surface area contributed by atoms with E-state index in [0.29, 0.717) is 5.92 Å². The average molecular weight is 381 g/mol. The van der Waals surface area contributed by atoms with Crippen LogP contribution in [-0.4, -0.2) is 33.2 Å². The fourth-order valence-electron chi connectivity index (χ4n) is 4.04. The highest BCUT2D eigenvalue weighted by Crippen LogP contribution is 2.36. The summed E-state index contributed by atoms with van der Waals surface area (Å²) < 4.78 is 32.7. The molecule has 0 bridgehead atoms. The number of carbonyl (C=O) groups is 1. The van der Waals surface area contributed by atoms with Crippen LogP contribution in [0.3, 0.4) is 0 Å². The molecule has 7 heteroatoms. The van der Waals surface area contributed by atoms with Gasteiger partial charge in [-0.3, -0.25) is 4.79 Å². The molecule has 1 unspecified atom stereocenters. The molecule has 1 saturated carbocycles. The van der Waals surface area contributed by atoms with Crippen molar-refractivity contribution in [3.8, 4) is 5.75 Å². The summed E-state index contributed by atoms with van der Waals surface area (Å²) in [5, 5.41) is 2.87. The van der Waals surface area contributed by atoms with Crippen molar-refractivity contribution in [3.05, 3.63) is 29.3 Å². The molecule has 0 aliphatic heterocycles. The molecule has 2 aliphatic rings. The minimum absolute atomic E-state index is 0.0412. The SMILES string of the molecule is COc1cccc2c1CCC2NC(=O)CS(=O)(=O)NC1CCC(C)CC1. The van der Waals surface area contributed by atoms with Crippen LogP contribution in [0.5, 0.6) is 5.75 Å². The quantitative estimate of drug-likeness (QED) is 0.793. The summed E-state index contributed by atoms with van der Waals surface area (Å²) in [7, 11) is -1.99. The first-order valence-corrected chi connectivity index (χ1v) is 11.0. The second-order valence-electron chi connectivity index (χ2n) is 7.52. The third-order valence-corrected chi connectivity index (χ3v) is 6.80. The van der Waals surface area contributed by atoms with Gasteiger partial charge in [0.15, 0.2) is 0 Å². The molecule has 0 heterocycles. The van der Waals surface area contributed by atoms with Crippen LogP contribution in [-0.2, 0) is 21.2 Å². The second kappa shape index (κ2) is 7.96. The lowest BCUT2D eigenvalue weighted by Crippen LogP contribution is -2.42. The molecule has 2 aliphatic carbocycles. The van der Waals surface area contributed by atoms with Crippen molar-refractivity contribution in [2.45, 2.75) is 57.5 Å². The van der Waals surface area contributed by atoms with Gasteiger partial charge in [-0.1, -0.05) is 19.1 Å². The van der Waals surface area contributed by atoms with Gasteiger partial charge in [-0.15, -0.1) is 0 Å². The molecule has 1 aromatic rings. The molecule has 3 rings (SSSR count). The van der Waals surface area contributed by atoms with Gasteiger partial charge in [0.25, 0.3) is 0 Å². The van der Waals surface area contributed by atoms with Gasteiger partial charge >= 0.3 is 0 Å². The summed E-state index contributed by atoms with van der Waals surface area (Å²) in [6.07, 6.45) is 5.32. The van der Waals surface area contributed by atoms with E-state index in [0.717, 1.165) is 55.4 Å².